The van der Waals surface area contributed by atoms with E-state index in [9.17, 15) is 18.9 Å². The third-order valence-electron chi connectivity index (χ3n) is 6.81. The summed E-state index contributed by atoms with van der Waals surface area (Å²) < 4.78 is 53.4. The second-order valence-electron chi connectivity index (χ2n) is 9.24. The first-order valence-electron chi connectivity index (χ1n) is 12.4. The summed E-state index contributed by atoms with van der Waals surface area (Å²) in [5, 5.41) is 11.0. The van der Waals surface area contributed by atoms with Gasteiger partial charge in [-0.3, -0.25) is 4.79 Å². The van der Waals surface area contributed by atoms with Crippen molar-refractivity contribution < 1.29 is 23.0 Å². The molecule has 1 aromatic heterocycles. The molecule has 2 aliphatic heterocycles. The Kier molecular flexibility index (Phi) is 3.71. The van der Waals surface area contributed by atoms with E-state index >= 15 is 0 Å². The number of imidazole rings is 1. The number of fused-ring (bicyclic) bond motifs is 9. The van der Waals surface area contributed by atoms with Crippen LogP contribution in [-0.4, -0.2) is 45.8 Å². The number of amides is 1. The Labute approximate surface area is 200 Å². The number of phenolic OH excluding ortho intramolecular Hbond substituents is 1. The largest absolute Gasteiger partial charge is 0.508 e. The zero-order valence-corrected chi connectivity index (χ0v) is 19.4. The monoisotopic (exact) mass is 478 g/mol. The molecule has 0 aliphatic carbocycles. The highest BCUT2D eigenvalue weighted by molar-refractivity contribution is 7.70. The predicted molar refractivity (Wildman–Crippen MR) is 130 cm³/mol. The topological polar surface area (TPSA) is 75.4 Å². The van der Waals surface area contributed by atoms with Gasteiger partial charge < -0.3 is 19.1 Å². The molecule has 1 N–H and O–H groups in total. The molecule has 8 heteroatoms. The van der Waals surface area contributed by atoms with Gasteiger partial charge in [0.05, 0.1) is 23.1 Å². The van der Waals surface area contributed by atoms with Crippen LogP contribution in [0.4, 0.5) is 4.39 Å². The predicted octanol–water partition coefficient (Wildman–Crippen LogP) is 4.92. The molecule has 0 fully saturated rings. The van der Waals surface area contributed by atoms with Gasteiger partial charge in [0.25, 0.3) is 5.91 Å². The molecule has 172 valence electrons. The minimum Gasteiger partial charge on any atom is -0.508 e. The minimum absolute atomic E-state index is 0.0888. The van der Waals surface area contributed by atoms with Crippen molar-refractivity contribution in [2.24, 2.45) is 0 Å². The fourth-order valence-corrected chi connectivity index (χ4v) is 6.24. The SMILES string of the molecule is [2H]C([2H])([2H])N1C(=O)c2cccc(O)c2[C@H]2C[C@@H]1c1nc3ccc(-c4ccc(P(C)(C)=O)c(F)c4)cc3n12. The number of benzene rings is 3. The Bertz CT molecular complexity index is 1680. The molecule has 2 aliphatic rings. The highest BCUT2D eigenvalue weighted by atomic mass is 31.2. The summed E-state index contributed by atoms with van der Waals surface area (Å²) in [5.41, 5.74) is 3.07. The summed E-state index contributed by atoms with van der Waals surface area (Å²) in [4.78, 5) is 19.0. The van der Waals surface area contributed by atoms with Gasteiger partial charge in [-0.1, -0.05) is 18.2 Å². The molecule has 0 spiro atoms. The molecule has 4 aromatic rings. The fourth-order valence-electron chi connectivity index (χ4n) is 5.23. The summed E-state index contributed by atoms with van der Waals surface area (Å²) in [6.07, 6.45) is 0.253. The second kappa shape index (κ2) is 7.03. The summed E-state index contributed by atoms with van der Waals surface area (Å²) in [5.74, 6) is -0.872. The van der Waals surface area contributed by atoms with Crippen LogP contribution in [0.5, 0.6) is 5.75 Å². The Morgan fingerprint density at radius 2 is 1.88 bits per heavy atom. The summed E-state index contributed by atoms with van der Waals surface area (Å²) in [7, 11) is -2.78. The fraction of sp³-hybridized carbons (Fsp3) is 0.231. The van der Waals surface area contributed by atoms with Gasteiger partial charge in [0.1, 0.15) is 24.5 Å². The van der Waals surface area contributed by atoms with Gasteiger partial charge in [-0.2, -0.15) is 0 Å². The molecule has 1 amide bonds. The number of nitrogens with zero attached hydrogens (tertiary/aromatic N) is 3. The lowest BCUT2D eigenvalue weighted by molar-refractivity contribution is 0.0734. The van der Waals surface area contributed by atoms with Crippen LogP contribution in [0.1, 0.15) is 44.4 Å². The third-order valence-corrected chi connectivity index (χ3v) is 8.33. The molecule has 0 saturated carbocycles. The average molecular weight is 478 g/mol. The van der Waals surface area contributed by atoms with Crippen molar-refractivity contribution in [1.29, 1.82) is 0 Å². The van der Waals surface area contributed by atoms with Crippen LogP contribution in [0.2, 0.25) is 0 Å². The lowest BCUT2D eigenvalue weighted by Crippen LogP contribution is -2.30. The van der Waals surface area contributed by atoms with Gasteiger partial charge in [-0.05, 0) is 60.9 Å². The van der Waals surface area contributed by atoms with Crippen LogP contribution >= 0.6 is 7.14 Å². The maximum absolute atomic E-state index is 14.8. The van der Waals surface area contributed by atoms with E-state index in [0.717, 1.165) is 4.90 Å². The maximum Gasteiger partial charge on any atom is 0.254 e. The van der Waals surface area contributed by atoms with Crippen molar-refractivity contribution >= 4 is 29.4 Å². The molecule has 3 aromatic carbocycles. The van der Waals surface area contributed by atoms with Crippen molar-refractivity contribution in [1.82, 2.24) is 14.5 Å². The average Bonchev–Trinajstić information content (AvgIpc) is 3.30. The van der Waals surface area contributed by atoms with Crippen LogP contribution in [0.25, 0.3) is 22.2 Å². The highest BCUT2D eigenvalue weighted by Gasteiger charge is 2.44. The lowest BCUT2D eigenvalue weighted by atomic mass is 9.97. The molecule has 0 radical (unpaired) electrons. The molecular formula is C26H23FN3O3P. The van der Waals surface area contributed by atoms with Gasteiger partial charge in [0.15, 0.2) is 0 Å². The van der Waals surface area contributed by atoms with E-state index < -0.39 is 37.9 Å². The van der Waals surface area contributed by atoms with Crippen molar-refractivity contribution in [2.75, 3.05) is 20.3 Å². The Balaban J connectivity index is 1.57. The number of phenols is 1. The number of aromatic hydroxyl groups is 1. The van der Waals surface area contributed by atoms with Crippen molar-refractivity contribution in [3.63, 3.8) is 0 Å². The first kappa shape index (κ1) is 18.0. The summed E-state index contributed by atoms with van der Waals surface area (Å²) in [6.45, 7) is 0.330. The quantitative estimate of drug-likeness (QED) is 0.415. The van der Waals surface area contributed by atoms with Gasteiger partial charge in [-0.15, -0.1) is 0 Å². The summed E-state index contributed by atoms with van der Waals surface area (Å²) >= 11 is 0. The van der Waals surface area contributed by atoms with Crippen LogP contribution in [0, 0.1) is 5.82 Å². The smallest absolute Gasteiger partial charge is 0.254 e. The first-order valence-corrected chi connectivity index (χ1v) is 13.5. The number of carbonyl (C=O) groups is 1. The molecule has 34 heavy (non-hydrogen) atoms. The molecule has 0 saturated heterocycles. The Morgan fingerprint density at radius 3 is 2.62 bits per heavy atom. The highest BCUT2D eigenvalue weighted by Crippen LogP contribution is 2.49. The first-order chi connectivity index (χ1) is 17.4. The third kappa shape index (κ3) is 2.90. The molecule has 0 unspecified atom stereocenters. The van der Waals surface area contributed by atoms with E-state index in [-0.39, 0.29) is 23.0 Å². The van der Waals surface area contributed by atoms with Gasteiger partial charge >= 0.3 is 0 Å². The number of hydrogen-bond acceptors (Lipinski definition) is 4. The normalized spacial score (nSPS) is 21.0. The standard InChI is InChI=1S/C26H23FN3O3P/c1-29-21-13-20(24-16(26(29)32)5-4-6-22(24)31)30-19-12-15(7-9-18(19)28-25(21)30)14-8-10-23(17(27)11-14)34(2,3)33/h4-12,20-21,31H,13H2,1-3H3/t20-,21-/m1/s1/i1D3. The Hall–Kier alpha value is -3.44. The van der Waals surface area contributed by atoms with Crippen LogP contribution in [-0.2, 0) is 4.57 Å². The van der Waals surface area contributed by atoms with Gasteiger partial charge in [0, 0.05) is 33.9 Å². The minimum atomic E-state index is -2.78. The van der Waals surface area contributed by atoms with Crippen molar-refractivity contribution in [3.05, 3.63) is 77.4 Å². The van der Waals surface area contributed by atoms with E-state index in [1.807, 2.05) is 10.6 Å². The van der Waals surface area contributed by atoms with Crippen LogP contribution in [0.3, 0.4) is 0 Å². The maximum atomic E-state index is 14.8. The van der Waals surface area contributed by atoms with Gasteiger partial charge in [0.2, 0.25) is 0 Å². The number of hydrogen-bond donors (Lipinski definition) is 1. The number of rotatable bonds is 2. The van der Waals surface area contributed by atoms with Gasteiger partial charge in [-0.25, -0.2) is 9.37 Å². The molecule has 2 atom stereocenters. The van der Waals surface area contributed by atoms with E-state index in [1.165, 1.54) is 37.6 Å². The Morgan fingerprint density at radius 1 is 1.12 bits per heavy atom. The lowest BCUT2D eigenvalue weighted by Gasteiger charge is -2.24. The van der Waals surface area contributed by atoms with Crippen molar-refractivity contribution in [2.45, 2.75) is 18.5 Å². The zero-order valence-electron chi connectivity index (χ0n) is 21.5. The molecule has 3 heterocycles. The molecule has 6 nitrogen and oxygen atoms in total. The zero-order chi connectivity index (χ0) is 26.4. The van der Waals surface area contributed by atoms with E-state index in [0.29, 0.717) is 33.5 Å². The number of halogens is 1. The summed E-state index contributed by atoms with van der Waals surface area (Å²) in [6, 6.07) is 13.2. The number of aromatic nitrogens is 2. The molecule has 2 bridgehead atoms. The second-order valence-corrected chi connectivity index (χ2v) is 12.4. The number of carbonyl (C=O) groups excluding carboxylic acids is 1. The van der Waals surface area contributed by atoms with Crippen molar-refractivity contribution in [3.8, 4) is 16.9 Å². The van der Waals surface area contributed by atoms with E-state index in [2.05, 4.69) is 0 Å². The van der Waals surface area contributed by atoms with Crippen LogP contribution < -0.4 is 5.30 Å². The molecular weight excluding hydrogens is 452 g/mol. The van der Waals surface area contributed by atoms with E-state index in [4.69, 9.17) is 9.10 Å². The molecule has 6 rings (SSSR count). The van der Waals surface area contributed by atoms with Crippen LogP contribution in [0.15, 0.2) is 54.6 Å². The van der Waals surface area contributed by atoms with E-state index in [1.54, 1.807) is 24.3 Å².